The normalized spacial score (nSPS) is 25.2. The molecule has 1 N–H and O–H groups in total. The summed E-state index contributed by atoms with van der Waals surface area (Å²) in [5, 5.41) is 3.55. The van der Waals surface area contributed by atoms with Crippen LogP contribution in [0.3, 0.4) is 0 Å². The highest BCUT2D eigenvalue weighted by molar-refractivity contribution is 9.11. The molecule has 2 nitrogen and oxygen atoms in total. The molecule has 1 aromatic heterocycles. The number of nitrogens with one attached hydrogen (secondary N) is 1. The fourth-order valence-corrected chi connectivity index (χ4v) is 3.23. The van der Waals surface area contributed by atoms with Crippen LogP contribution in [0.5, 0.6) is 0 Å². The Morgan fingerprint density at radius 3 is 2.93 bits per heavy atom. The number of thiophene rings is 1. The van der Waals surface area contributed by atoms with Crippen LogP contribution in [0.25, 0.3) is 0 Å². The Hall–Kier alpha value is 0.1000. The molecule has 0 aliphatic heterocycles. The van der Waals surface area contributed by atoms with Crippen molar-refractivity contribution >= 4 is 27.3 Å². The van der Waals surface area contributed by atoms with E-state index in [9.17, 15) is 0 Å². The zero-order valence-corrected chi connectivity index (χ0v) is 11.2. The lowest BCUT2D eigenvalue weighted by Crippen LogP contribution is -2.44. The summed E-state index contributed by atoms with van der Waals surface area (Å²) in [6.07, 6.45) is 2.84. The predicted octanol–water partition coefficient (Wildman–Crippen LogP) is 3.17. The molecule has 1 aliphatic carbocycles. The van der Waals surface area contributed by atoms with Crippen molar-refractivity contribution in [3.63, 3.8) is 0 Å². The summed E-state index contributed by atoms with van der Waals surface area (Å²) in [5.41, 5.74) is 0. The van der Waals surface area contributed by atoms with Gasteiger partial charge in [0.05, 0.1) is 9.89 Å². The van der Waals surface area contributed by atoms with Crippen LogP contribution >= 0.6 is 27.3 Å². The van der Waals surface area contributed by atoms with E-state index in [-0.39, 0.29) is 0 Å². The summed E-state index contributed by atoms with van der Waals surface area (Å²) < 4.78 is 6.73. The van der Waals surface area contributed by atoms with Crippen LogP contribution in [-0.4, -0.2) is 18.8 Å². The van der Waals surface area contributed by atoms with Crippen LogP contribution in [0.2, 0.25) is 0 Å². The third-order valence-electron chi connectivity index (χ3n) is 2.69. The van der Waals surface area contributed by atoms with Crippen molar-refractivity contribution in [2.24, 2.45) is 0 Å². The van der Waals surface area contributed by atoms with Crippen molar-refractivity contribution in [2.45, 2.75) is 38.5 Å². The Morgan fingerprint density at radius 2 is 2.33 bits per heavy atom. The minimum atomic E-state index is 0.502. The molecule has 2 rings (SSSR count). The van der Waals surface area contributed by atoms with Gasteiger partial charge in [-0.2, -0.15) is 0 Å². The van der Waals surface area contributed by atoms with E-state index < -0.39 is 0 Å². The van der Waals surface area contributed by atoms with Crippen LogP contribution in [-0.2, 0) is 11.3 Å². The third kappa shape index (κ3) is 3.28. The maximum atomic E-state index is 5.52. The van der Waals surface area contributed by atoms with E-state index in [1.807, 2.05) is 0 Å². The monoisotopic (exact) mass is 289 g/mol. The zero-order valence-electron chi connectivity index (χ0n) is 8.83. The molecule has 84 valence electrons. The third-order valence-corrected chi connectivity index (χ3v) is 4.31. The second-order valence-corrected chi connectivity index (χ2v) is 6.38. The summed E-state index contributed by atoms with van der Waals surface area (Å²) in [7, 11) is 0. The Kier molecular flexibility index (Phi) is 4.20. The summed E-state index contributed by atoms with van der Waals surface area (Å²) in [5.74, 6) is 0. The average Bonchev–Trinajstić information content (AvgIpc) is 2.55. The van der Waals surface area contributed by atoms with Gasteiger partial charge in [0.2, 0.25) is 0 Å². The van der Waals surface area contributed by atoms with Gasteiger partial charge in [-0.25, -0.2) is 0 Å². The molecule has 1 saturated carbocycles. The number of ether oxygens (including phenoxy) is 1. The second kappa shape index (κ2) is 5.43. The average molecular weight is 290 g/mol. The molecule has 0 aromatic carbocycles. The van der Waals surface area contributed by atoms with Crippen molar-refractivity contribution in [2.75, 3.05) is 6.61 Å². The standard InChI is InChI=1S/C11H16BrNOS/c1-2-14-9-5-8(6-9)13-7-10-3-4-11(12)15-10/h3-4,8-9,13H,2,5-7H2,1H3. The first-order valence-corrected chi connectivity index (χ1v) is 6.98. The molecule has 0 saturated heterocycles. The second-order valence-electron chi connectivity index (χ2n) is 3.83. The molecule has 0 bridgehead atoms. The Labute approximate surface area is 103 Å². The highest BCUT2D eigenvalue weighted by atomic mass is 79.9. The smallest absolute Gasteiger partial charge is 0.0701 e. The minimum Gasteiger partial charge on any atom is -0.378 e. The largest absolute Gasteiger partial charge is 0.378 e. The van der Waals surface area contributed by atoms with E-state index in [1.165, 1.54) is 21.5 Å². The van der Waals surface area contributed by atoms with Crippen LogP contribution < -0.4 is 5.32 Å². The Balaban J connectivity index is 1.64. The van der Waals surface area contributed by atoms with E-state index >= 15 is 0 Å². The van der Waals surface area contributed by atoms with Gasteiger partial charge in [0.25, 0.3) is 0 Å². The van der Waals surface area contributed by atoms with Crippen molar-refractivity contribution in [3.05, 3.63) is 20.8 Å². The predicted molar refractivity (Wildman–Crippen MR) is 67.3 cm³/mol. The van der Waals surface area contributed by atoms with Crippen molar-refractivity contribution in [3.8, 4) is 0 Å². The lowest BCUT2D eigenvalue weighted by molar-refractivity contribution is -0.0101. The van der Waals surface area contributed by atoms with Gasteiger partial charge in [0.15, 0.2) is 0 Å². The molecule has 0 atom stereocenters. The summed E-state index contributed by atoms with van der Waals surface area (Å²) in [6.45, 7) is 3.89. The highest BCUT2D eigenvalue weighted by Crippen LogP contribution is 2.25. The lowest BCUT2D eigenvalue weighted by atomic mass is 9.89. The first-order chi connectivity index (χ1) is 7.28. The van der Waals surface area contributed by atoms with Crippen LogP contribution in [0.1, 0.15) is 24.6 Å². The SMILES string of the molecule is CCOC1CC(NCc2ccc(Br)s2)C1. The van der Waals surface area contributed by atoms with Gasteiger partial charge in [-0.15, -0.1) is 11.3 Å². The Morgan fingerprint density at radius 1 is 1.53 bits per heavy atom. The maximum absolute atomic E-state index is 5.52. The van der Waals surface area contributed by atoms with Crippen LogP contribution in [0, 0.1) is 0 Å². The molecule has 4 heteroatoms. The van der Waals surface area contributed by atoms with Crippen molar-refractivity contribution in [1.82, 2.24) is 5.32 Å². The highest BCUT2D eigenvalue weighted by Gasteiger charge is 2.28. The molecule has 0 unspecified atom stereocenters. The van der Waals surface area contributed by atoms with Gasteiger partial charge in [0, 0.05) is 24.1 Å². The molecule has 1 heterocycles. The lowest BCUT2D eigenvalue weighted by Gasteiger charge is -2.35. The van der Waals surface area contributed by atoms with Gasteiger partial charge in [0.1, 0.15) is 0 Å². The number of rotatable bonds is 5. The number of hydrogen-bond acceptors (Lipinski definition) is 3. The fourth-order valence-electron chi connectivity index (χ4n) is 1.80. The summed E-state index contributed by atoms with van der Waals surface area (Å²) >= 11 is 5.27. The zero-order chi connectivity index (χ0) is 10.7. The molecular weight excluding hydrogens is 274 g/mol. The number of hydrogen-bond donors (Lipinski definition) is 1. The molecule has 1 aliphatic rings. The van der Waals surface area contributed by atoms with Gasteiger partial charge >= 0.3 is 0 Å². The van der Waals surface area contributed by atoms with Gasteiger partial charge in [-0.3, -0.25) is 0 Å². The number of halogens is 1. The molecule has 0 amide bonds. The quantitative estimate of drug-likeness (QED) is 0.899. The van der Waals surface area contributed by atoms with Gasteiger partial charge in [-0.1, -0.05) is 0 Å². The topological polar surface area (TPSA) is 21.3 Å². The van der Waals surface area contributed by atoms with E-state index in [2.05, 4.69) is 40.3 Å². The van der Waals surface area contributed by atoms with E-state index in [0.29, 0.717) is 12.1 Å². The minimum absolute atomic E-state index is 0.502. The van der Waals surface area contributed by atoms with E-state index in [4.69, 9.17) is 4.74 Å². The Bertz CT molecular complexity index is 309. The van der Waals surface area contributed by atoms with E-state index in [1.54, 1.807) is 11.3 Å². The molecule has 1 aromatic rings. The fraction of sp³-hybridized carbons (Fsp3) is 0.636. The molecule has 1 fully saturated rings. The van der Waals surface area contributed by atoms with Crippen LogP contribution in [0.15, 0.2) is 15.9 Å². The molecule has 15 heavy (non-hydrogen) atoms. The van der Waals surface area contributed by atoms with Gasteiger partial charge < -0.3 is 10.1 Å². The van der Waals surface area contributed by atoms with E-state index in [0.717, 1.165) is 13.2 Å². The summed E-state index contributed by atoms with van der Waals surface area (Å²) in [4.78, 5) is 1.39. The summed E-state index contributed by atoms with van der Waals surface area (Å²) in [6, 6.07) is 4.92. The molecule has 0 radical (unpaired) electrons. The first-order valence-electron chi connectivity index (χ1n) is 5.37. The van der Waals surface area contributed by atoms with Crippen molar-refractivity contribution in [1.29, 1.82) is 0 Å². The molecule has 0 spiro atoms. The molecular formula is C11H16BrNOS. The van der Waals surface area contributed by atoms with Gasteiger partial charge in [-0.05, 0) is 47.8 Å². The van der Waals surface area contributed by atoms with Crippen LogP contribution in [0.4, 0.5) is 0 Å². The van der Waals surface area contributed by atoms with Crippen molar-refractivity contribution < 1.29 is 4.74 Å². The maximum Gasteiger partial charge on any atom is 0.0701 e. The first kappa shape index (κ1) is 11.6.